The summed E-state index contributed by atoms with van der Waals surface area (Å²) < 4.78 is 0. The van der Waals surface area contributed by atoms with Gasteiger partial charge in [0.2, 0.25) is 0 Å². The molecule has 0 unspecified atom stereocenters. The first-order valence-electron chi connectivity index (χ1n) is 5.85. The van der Waals surface area contributed by atoms with Gasteiger partial charge in [0, 0.05) is 16.7 Å². The second kappa shape index (κ2) is 5.33. The third-order valence-electron chi connectivity index (χ3n) is 2.70. The van der Waals surface area contributed by atoms with E-state index in [4.69, 9.17) is 0 Å². The minimum atomic E-state index is 0.0452. The Hall–Kier alpha value is -2.33. The third-order valence-corrected chi connectivity index (χ3v) is 2.70. The van der Waals surface area contributed by atoms with Crippen LogP contribution in [0.3, 0.4) is 0 Å². The fraction of sp³-hybridized carbons (Fsp3) is 0.118. The summed E-state index contributed by atoms with van der Waals surface area (Å²) in [5.41, 5.74) is 3.63. The first-order chi connectivity index (χ1) is 8.66. The van der Waals surface area contributed by atoms with Crippen LogP contribution in [0.25, 0.3) is 0 Å². The highest BCUT2D eigenvalue weighted by Crippen LogP contribution is 2.08. The van der Waals surface area contributed by atoms with E-state index < -0.39 is 0 Å². The SMILES string of the molecule is CC(=O)c1ccccc1C#Cc1ccc(C)cc1. The van der Waals surface area contributed by atoms with Gasteiger partial charge in [-0.05, 0) is 32.0 Å². The van der Waals surface area contributed by atoms with E-state index in [-0.39, 0.29) is 5.78 Å². The zero-order chi connectivity index (χ0) is 13.0. The molecule has 0 amide bonds. The minimum absolute atomic E-state index is 0.0452. The maximum Gasteiger partial charge on any atom is 0.161 e. The van der Waals surface area contributed by atoms with Crippen molar-refractivity contribution in [3.8, 4) is 11.8 Å². The van der Waals surface area contributed by atoms with Crippen molar-refractivity contribution in [2.24, 2.45) is 0 Å². The Balaban J connectivity index is 2.35. The van der Waals surface area contributed by atoms with Crippen molar-refractivity contribution in [2.75, 3.05) is 0 Å². The molecule has 0 N–H and O–H groups in total. The number of hydrogen-bond acceptors (Lipinski definition) is 1. The molecule has 0 atom stereocenters. The number of aryl methyl sites for hydroxylation is 1. The third kappa shape index (κ3) is 2.87. The highest BCUT2D eigenvalue weighted by molar-refractivity contribution is 5.96. The van der Waals surface area contributed by atoms with Crippen LogP contribution in [0.15, 0.2) is 48.5 Å². The van der Waals surface area contributed by atoms with Gasteiger partial charge in [-0.2, -0.15) is 0 Å². The molecule has 0 bridgehead atoms. The summed E-state index contributed by atoms with van der Waals surface area (Å²) in [5.74, 6) is 6.19. The lowest BCUT2D eigenvalue weighted by atomic mass is 10.0. The van der Waals surface area contributed by atoms with E-state index in [9.17, 15) is 4.79 Å². The molecule has 2 aromatic carbocycles. The predicted octanol–water partition coefficient (Wildman–Crippen LogP) is 3.60. The molecule has 0 aromatic heterocycles. The van der Waals surface area contributed by atoms with Gasteiger partial charge in [0.05, 0.1) is 0 Å². The van der Waals surface area contributed by atoms with Crippen LogP contribution in [-0.2, 0) is 0 Å². The summed E-state index contributed by atoms with van der Waals surface area (Å²) in [6.07, 6.45) is 0. The lowest BCUT2D eigenvalue weighted by Gasteiger charge is -1.98. The zero-order valence-corrected chi connectivity index (χ0v) is 10.5. The van der Waals surface area contributed by atoms with Crippen LogP contribution >= 0.6 is 0 Å². The van der Waals surface area contributed by atoms with Crippen LogP contribution in [0.2, 0.25) is 0 Å². The van der Waals surface area contributed by atoms with Crippen LogP contribution < -0.4 is 0 Å². The Morgan fingerprint density at radius 2 is 1.61 bits per heavy atom. The van der Waals surface area contributed by atoms with Crippen LogP contribution in [0.5, 0.6) is 0 Å². The molecular weight excluding hydrogens is 220 g/mol. The number of carbonyl (C=O) groups is 1. The van der Waals surface area contributed by atoms with Crippen molar-refractivity contribution in [2.45, 2.75) is 13.8 Å². The van der Waals surface area contributed by atoms with E-state index in [1.807, 2.05) is 55.5 Å². The van der Waals surface area contributed by atoms with Gasteiger partial charge in [0.1, 0.15) is 0 Å². The van der Waals surface area contributed by atoms with Crippen molar-refractivity contribution < 1.29 is 4.79 Å². The number of ketones is 1. The molecule has 1 heteroatoms. The van der Waals surface area contributed by atoms with Gasteiger partial charge in [-0.1, -0.05) is 47.7 Å². The van der Waals surface area contributed by atoms with Gasteiger partial charge in [-0.3, -0.25) is 4.79 Å². The van der Waals surface area contributed by atoms with Crippen LogP contribution in [0.4, 0.5) is 0 Å². The fourth-order valence-electron chi connectivity index (χ4n) is 1.68. The fourth-order valence-corrected chi connectivity index (χ4v) is 1.68. The number of benzene rings is 2. The summed E-state index contributed by atoms with van der Waals surface area (Å²) in [6.45, 7) is 3.61. The average molecular weight is 234 g/mol. The lowest BCUT2D eigenvalue weighted by molar-refractivity contribution is 0.101. The van der Waals surface area contributed by atoms with Crippen molar-refractivity contribution in [1.82, 2.24) is 0 Å². The number of rotatable bonds is 1. The Bertz CT molecular complexity index is 625. The van der Waals surface area contributed by atoms with Gasteiger partial charge in [0.15, 0.2) is 5.78 Å². The Labute approximate surface area is 107 Å². The molecule has 0 saturated heterocycles. The van der Waals surface area contributed by atoms with Crippen molar-refractivity contribution in [3.05, 3.63) is 70.8 Å². The zero-order valence-electron chi connectivity index (χ0n) is 10.5. The Morgan fingerprint density at radius 1 is 0.944 bits per heavy atom. The van der Waals surface area contributed by atoms with Gasteiger partial charge < -0.3 is 0 Å². The maximum absolute atomic E-state index is 11.5. The van der Waals surface area contributed by atoms with E-state index in [0.717, 1.165) is 11.1 Å². The summed E-state index contributed by atoms with van der Waals surface area (Å²) >= 11 is 0. The van der Waals surface area contributed by atoms with E-state index in [2.05, 4.69) is 11.8 Å². The van der Waals surface area contributed by atoms with E-state index in [1.54, 1.807) is 6.92 Å². The van der Waals surface area contributed by atoms with Crippen LogP contribution in [0.1, 0.15) is 34.0 Å². The van der Waals surface area contributed by atoms with Crippen LogP contribution in [-0.4, -0.2) is 5.78 Å². The molecule has 1 nitrogen and oxygen atoms in total. The molecule has 0 radical (unpaired) electrons. The second-order valence-electron chi connectivity index (χ2n) is 4.22. The Morgan fingerprint density at radius 3 is 2.28 bits per heavy atom. The molecule has 0 spiro atoms. The van der Waals surface area contributed by atoms with Crippen molar-refractivity contribution in [3.63, 3.8) is 0 Å². The standard InChI is InChI=1S/C17H14O/c1-13-7-9-15(10-8-13)11-12-16-5-3-4-6-17(16)14(2)18/h3-10H,1-2H3. The molecule has 0 fully saturated rings. The molecular formula is C17H14O. The predicted molar refractivity (Wildman–Crippen MR) is 73.6 cm³/mol. The number of carbonyl (C=O) groups excluding carboxylic acids is 1. The molecule has 0 aliphatic carbocycles. The molecule has 88 valence electrons. The molecule has 0 aliphatic rings. The molecule has 0 saturated carbocycles. The number of hydrogen-bond donors (Lipinski definition) is 0. The molecule has 2 rings (SSSR count). The largest absolute Gasteiger partial charge is 0.294 e. The first kappa shape index (κ1) is 12.1. The Kier molecular flexibility index (Phi) is 3.60. The lowest BCUT2D eigenvalue weighted by Crippen LogP contribution is -1.95. The summed E-state index contributed by atoms with van der Waals surface area (Å²) in [5, 5.41) is 0. The van der Waals surface area contributed by atoms with Gasteiger partial charge in [0.25, 0.3) is 0 Å². The molecule has 0 heterocycles. The highest BCUT2D eigenvalue weighted by atomic mass is 16.1. The van der Waals surface area contributed by atoms with Gasteiger partial charge >= 0.3 is 0 Å². The normalized spacial score (nSPS) is 9.44. The smallest absolute Gasteiger partial charge is 0.161 e. The average Bonchev–Trinajstić information content (AvgIpc) is 2.38. The minimum Gasteiger partial charge on any atom is -0.294 e. The van der Waals surface area contributed by atoms with E-state index >= 15 is 0 Å². The van der Waals surface area contributed by atoms with Gasteiger partial charge in [-0.25, -0.2) is 0 Å². The molecule has 18 heavy (non-hydrogen) atoms. The number of Topliss-reactive ketones (excluding diaryl/α,β-unsaturated/α-hetero) is 1. The quantitative estimate of drug-likeness (QED) is 0.544. The van der Waals surface area contributed by atoms with Gasteiger partial charge in [-0.15, -0.1) is 0 Å². The summed E-state index contributed by atoms with van der Waals surface area (Å²) in [7, 11) is 0. The monoisotopic (exact) mass is 234 g/mol. The van der Waals surface area contributed by atoms with Crippen LogP contribution in [0, 0.1) is 18.8 Å². The van der Waals surface area contributed by atoms with Crippen molar-refractivity contribution in [1.29, 1.82) is 0 Å². The second-order valence-corrected chi connectivity index (χ2v) is 4.22. The first-order valence-corrected chi connectivity index (χ1v) is 5.85. The van der Waals surface area contributed by atoms with E-state index in [1.165, 1.54) is 5.56 Å². The van der Waals surface area contributed by atoms with E-state index in [0.29, 0.717) is 5.56 Å². The highest BCUT2D eigenvalue weighted by Gasteiger charge is 2.02. The summed E-state index contributed by atoms with van der Waals surface area (Å²) in [4.78, 5) is 11.5. The van der Waals surface area contributed by atoms with Crippen molar-refractivity contribution >= 4 is 5.78 Å². The molecule has 2 aromatic rings. The topological polar surface area (TPSA) is 17.1 Å². The maximum atomic E-state index is 11.5. The summed E-state index contributed by atoms with van der Waals surface area (Å²) in [6, 6.07) is 15.5. The molecule has 0 aliphatic heterocycles.